The minimum atomic E-state index is -0.512. The number of nitrogens with zero attached hydrogens (tertiary/aromatic N) is 2. The second-order valence-electron chi connectivity index (χ2n) is 5.10. The lowest BCUT2D eigenvalue weighted by Gasteiger charge is -2.04. The lowest BCUT2D eigenvalue weighted by atomic mass is 10.2. The average Bonchev–Trinajstić information content (AvgIpc) is 2.61. The van der Waals surface area contributed by atoms with Gasteiger partial charge < -0.3 is 4.74 Å². The van der Waals surface area contributed by atoms with Crippen molar-refractivity contribution < 1.29 is 14.5 Å². The number of carbonyl (C=O) groups excluding carboxylic acids is 1. The number of benzene rings is 2. The van der Waals surface area contributed by atoms with Crippen LogP contribution in [-0.2, 0) is 10.5 Å². The largest absolute Gasteiger partial charge is 0.496 e. The van der Waals surface area contributed by atoms with Gasteiger partial charge in [-0.3, -0.25) is 14.9 Å². The predicted molar refractivity (Wildman–Crippen MR) is 103 cm³/mol. The van der Waals surface area contributed by atoms with Crippen LogP contribution in [0.4, 0.5) is 5.69 Å². The van der Waals surface area contributed by atoms with E-state index >= 15 is 0 Å². The average molecular weight is 394 g/mol. The van der Waals surface area contributed by atoms with Crippen LogP contribution in [0.2, 0.25) is 5.02 Å². The molecule has 0 aliphatic rings. The van der Waals surface area contributed by atoms with E-state index in [1.165, 1.54) is 43.3 Å². The highest BCUT2D eigenvalue weighted by molar-refractivity contribution is 7.99. The van der Waals surface area contributed by atoms with Crippen LogP contribution < -0.4 is 10.2 Å². The van der Waals surface area contributed by atoms with Gasteiger partial charge in [-0.15, -0.1) is 11.8 Å². The van der Waals surface area contributed by atoms with Gasteiger partial charge in [-0.1, -0.05) is 23.7 Å². The molecule has 1 amide bonds. The molecule has 1 N–H and O–H groups in total. The molecule has 0 radical (unpaired) electrons. The molecule has 0 bridgehead atoms. The molecular formula is C17H16ClN3O4S. The Morgan fingerprint density at radius 2 is 2.19 bits per heavy atom. The number of rotatable bonds is 8. The topological polar surface area (TPSA) is 93.8 Å². The Bertz CT molecular complexity index is 829. The first-order chi connectivity index (χ1) is 12.5. The summed E-state index contributed by atoms with van der Waals surface area (Å²) >= 11 is 7.33. The summed E-state index contributed by atoms with van der Waals surface area (Å²) in [6, 6.07) is 11.6. The zero-order valence-corrected chi connectivity index (χ0v) is 15.4. The van der Waals surface area contributed by atoms with Crippen molar-refractivity contribution in [1.82, 2.24) is 5.43 Å². The molecule has 26 heavy (non-hydrogen) atoms. The molecule has 0 aliphatic heterocycles. The molecular weight excluding hydrogens is 378 g/mol. The highest BCUT2D eigenvalue weighted by atomic mass is 35.5. The number of nitro benzene ring substituents is 1. The molecule has 9 heteroatoms. The van der Waals surface area contributed by atoms with E-state index in [0.29, 0.717) is 22.1 Å². The zero-order chi connectivity index (χ0) is 18.9. The third-order valence-electron chi connectivity index (χ3n) is 3.21. The van der Waals surface area contributed by atoms with E-state index in [1.807, 2.05) is 18.2 Å². The van der Waals surface area contributed by atoms with Crippen molar-refractivity contribution in [3.8, 4) is 5.75 Å². The standard InChI is InChI=1S/C17H16ClN3O4S/c1-25-16-6-5-15(21(23)24)8-13(16)9-19-20-17(22)11-26-10-12-3-2-4-14(18)7-12/h2-9H,10-11H2,1H3,(H,20,22). The van der Waals surface area contributed by atoms with E-state index in [9.17, 15) is 14.9 Å². The maximum absolute atomic E-state index is 11.8. The van der Waals surface area contributed by atoms with E-state index in [-0.39, 0.29) is 17.3 Å². The molecule has 136 valence electrons. The summed E-state index contributed by atoms with van der Waals surface area (Å²) in [5.41, 5.74) is 3.72. The van der Waals surface area contributed by atoms with Crippen LogP contribution in [0.25, 0.3) is 0 Å². The Kier molecular flexibility index (Phi) is 7.43. The zero-order valence-electron chi connectivity index (χ0n) is 13.8. The molecule has 0 spiro atoms. The second-order valence-corrected chi connectivity index (χ2v) is 6.52. The smallest absolute Gasteiger partial charge is 0.270 e. The van der Waals surface area contributed by atoms with Crippen LogP contribution in [0.1, 0.15) is 11.1 Å². The van der Waals surface area contributed by atoms with E-state index < -0.39 is 4.92 Å². The summed E-state index contributed by atoms with van der Waals surface area (Å²) in [5.74, 6) is 1.01. The first-order valence-corrected chi connectivity index (χ1v) is 8.99. The number of nitro groups is 1. The van der Waals surface area contributed by atoms with Crippen molar-refractivity contribution in [1.29, 1.82) is 0 Å². The Morgan fingerprint density at radius 3 is 2.88 bits per heavy atom. The summed E-state index contributed by atoms with van der Waals surface area (Å²) in [6.07, 6.45) is 1.31. The van der Waals surface area contributed by atoms with E-state index in [1.54, 1.807) is 6.07 Å². The lowest BCUT2D eigenvalue weighted by Crippen LogP contribution is -2.19. The third kappa shape index (κ3) is 6.05. The molecule has 2 aromatic carbocycles. The number of hydrogen-bond acceptors (Lipinski definition) is 6. The fraction of sp³-hybridized carbons (Fsp3) is 0.176. The summed E-state index contributed by atoms with van der Waals surface area (Å²) in [6.45, 7) is 0. The van der Waals surface area contributed by atoms with Crippen molar-refractivity contribution >= 4 is 41.2 Å². The van der Waals surface area contributed by atoms with Gasteiger partial charge in [0, 0.05) is 28.5 Å². The molecule has 0 saturated carbocycles. The molecule has 2 rings (SSSR count). The number of ether oxygens (including phenoxy) is 1. The fourth-order valence-electron chi connectivity index (χ4n) is 2.03. The molecule has 0 fully saturated rings. The van der Waals surface area contributed by atoms with Gasteiger partial charge in [-0.25, -0.2) is 5.43 Å². The van der Waals surface area contributed by atoms with Crippen LogP contribution in [0.15, 0.2) is 47.6 Å². The summed E-state index contributed by atoms with van der Waals surface area (Å²) in [7, 11) is 1.45. The van der Waals surface area contributed by atoms with Gasteiger partial charge in [-0.2, -0.15) is 5.10 Å². The Balaban J connectivity index is 1.86. The van der Waals surface area contributed by atoms with Crippen LogP contribution in [0.5, 0.6) is 5.75 Å². The first kappa shape index (κ1) is 19.7. The molecule has 0 unspecified atom stereocenters. The van der Waals surface area contributed by atoms with Gasteiger partial charge in [0.05, 0.1) is 24.0 Å². The first-order valence-electron chi connectivity index (χ1n) is 7.46. The molecule has 0 aromatic heterocycles. The van der Waals surface area contributed by atoms with Crippen molar-refractivity contribution in [3.63, 3.8) is 0 Å². The number of halogens is 1. The van der Waals surface area contributed by atoms with Crippen LogP contribution in [0, 0.1) is 10.1 Å². The van der Waals surface area contributed by atoms with Crippen molar-refractivity contribution in [3.05, 3.63) is 68.7 Å². The van der Waals surface area contributed by atoms with Crippen LogP contribution in [0.3, 0.4) is 0 Å². The maximum Gasteiger partial charge on any atom is 0.270 e. The van der Waals surface area contributed by atoms with E-state index in [2.05, 4.69) is 10.5 Å². The number of methoxy groups -OCH3 is 1. The summed E-state index contributed by atoms with van der Waals surface area (Å²) < 4.78 is 5.12. The van der Waals surface area contributed by atoms with Gasteiger partial charge in [-0.05, 0) is 23.8 Å². The molecule has 2 aromatic rings. The normalized spacial score (nSPS) is 10.7. The number of non-ortho nitro benzene ring substituents is 1. The number of carbonyl (C=O) groups is 1. The SMILES string of the molecule is COc1ccc([N+](=O)[O-])cc1C=NNC(=O)CSCc1cccc(Cl)c1. The monoisotopic (exact) mass is 393 g/mol. The van der Waals surface area contributed by atoms with E-state index in [4.69, 9.17) is 16.3 Å². The van der Waals surface area contributed by atoms with Crippen LogP contribution in [-0.4, -0.2) is 29.9 Å². The molecule has 0 atom stereocenters. The molecule has 0 heterocycles. The second kappa shape index (κ2) is 9.79. The summed E-state index contributed by atoms with van der Waals surface area (Å²) in [5, 5.41) is 15.3. The van der Waals surface area contributed by atoms with Gasteiger partial charge in [0.2, 0.25) is 5.91 Å². The Morgan fingerprint density at radius 1 is 1.38 bits per heavy atom. The Labute approximate surface area is 159 Å². The van der Waals surface area contributed by atoms with Crippen molar-refractivity contribution in [2.24, 2.45) is 5.10 Å². The van der Waals surface area contributed by atoms with Gasteiger partial charge in [0.25, 0.3) is 5.69 Å². The molecule has 0 aliphatic carbocycles. The summed E-state index contributed by atoms with van der Waals surface area (Å²) in [4.78, 5) is 22.1. The number of amides is 1. The number of thioether (sulfide) groups is 1. The number of hydrazone groups is 1. The van der Waals surface area contributed by atoms with Gasteiger partial charge in [0.1, 0.15) is 5.75 Å². The number of nitrogens with one attached hydrogen (secondary N) is 1. The van der Waals surface area contributed by atoms with Gasteiger partial charge in [0.15, 0.2) is 0 Å². The number of hydrogen-bond donors (Lipinski definition) is 1. The van der Waals surface area contributed by atoms with Gasteiger partial charge >= 0.3 is 0 Å². The minimum Gasteiger partial charge on any atom is -0.496 e. The van der Waals surface area contributed by atoms with Crippen molar-refractivity contribution in [2.75, 3.05) is 12.9 Å². The highest BCUT2D eigenvalue weighted by Crippen LogP contribution is 2.22. The molecule has 0 saturated heterocycles. The lowest BCUT2D eigenvalue weighted by molar-refractivity contribution is -0.384. The van der Waals surface area contributed by atoms with Crippen LogP contribution >= 0.6 is 23.4 Å². The van der Waals surface area contributed by atoms with Crippen molar-refractivity contribution in [2.45, 2.75) is 5.75 Å². The quantitative estimate of drug-likeness (QED) is 0.419. The highest BCUT2D eigenvalue weighted by Gasteiger charge is 2.10. The third-order valence-corrected chi connectivity index (χ3v) is 4.45. The minimum absolute atomic E-state index is 0.0874. The fourth-order valence-corrected chi connectivity index (χ4v) is 3.01. The Hall–Kier alpha value is -2.58. The predicted octanol–water partition coefficient (Wildman–Crippen LogP) is 3.64. The maximum atomic E-state index is 11.8. The van der Waals surface area contributed by atoms with E-state index in [0.717, 1.165) is 5.56 Å². The molecule has 7 nitrogen and oxygen atoms in total.